The normalized spacial score (nSPS) is 12.4. The van der Waals surface area contributed by atoms with Crippen molar-refractivity contribution in [1.82, 2.24) is 4.72 Å². The number of benzene rings is 3. The Kier molecular flexibility index (Phi) is 6.30. The Morgan fingerprint density at radius 1 is 0.906 bits per heavy atom. The standard InChI is InChI=1S/C25H21NO5S/c27-24(21-11-10-20-14-19-8-4-5-9-22(19)23(20)15-21)17-31-25(28)16-26-32(29,30)13-12-18-6-2-1-3-7-18/h1-13,15,26H,14,16-17H2/b13-12+. The Labute approximate surface area is 186 Å². The summed E-state index contributed by atoms with van der Waals surface area (Å²) in [5.74, 6) is -1.18. The first-order valence-electron chi connectivity index (χ1n) is 10.0. The molecule has 3 aromatic carbocycles. The predicted octanol–water partition coefficient (Wildman–Crippen LogP) is 3.57. The number of nitrogens with one attached hydrogen (secondary N) is 1. The number of esters is 1. The fraction of sp³-hybridized carbons (Fsp3) is 0.120. The minimum atomic E-state index is -3.82. The fourth-order valence-electron chi connectivity index (χ4n) is 3.52. The molecular formula is C25H21NO5S. The van der Waals surface area contributed by atoms with E-state index in [9.17, 15) is 18.0 Å². The molecule has 0 atom stereocenters. The van der Waals surface area contributed by atoms with Gasteiger partial charge in [0.05, 0.1) is 0 Å². The molecule has 162 valence electrons. The maximum Gasteiger partial charge on any atom is 0.321 e. The van der Waals surface area contributed by atoms with Crippen molar-refractivity contribution in [3.63, 3.8) is 0 Å². The predicted molar refractivity (Wildman–Crippen MR) is 122 cm³/mol. The number of carbonyl (C=O) groups excluding carboxylic acids is 2. The van der Waals surface area contributed by atoms with E-state index in [4.69, 9.17) is 4.74 Å². The zero-order valence-corrected chi connectivity index (χ0v) is 18.0. The van der Waals surface area contributed by atoms with Gasteiger partial charge in [0.25, 0.3) is 0 Å². The Morgan fingerprint density at radius 3 is 2.44 bits per heavy atom. The Hall–Kier alpha value is -3.55. The molecule has 1 aliphatic rings. The molecule has 0 radical (unpaired) electrons. The lowest BCUT2D eigenvalue weighted by molar-refractivity contribution is -0.141. The molecule has 0 saturated heterocycles. The summed E-state index contributed by atoms with van der Waals surface area (Å²) in [5, 5.41) is 0.975. The smallest absolute Gasteiger partial charge is 0.321 e. The molecule has 6 nitrogen and oxygen atoms in total. The lowest BCUT2D eigenvalue weighted by Crippen LogP contribution is -2.30. The number of rotatable bonds is 8. The van der Waals surface area contributed by atoms with Crippen molar-refractivity contribution in [3.8, 4) is 11.1 Å². The molecule has 0 spiro atoms. The van der Waals surface area contributed by atoms with Gasteiger partial charge in [0, 0.05) is 11.0 Å². The molecule has 0 aliphatic heterocycles. The van der Waals surface area contributed by atoms with Gasteiger partial charge in [-0.05, 0) is 46.4 Å². The third-order valence-electron chi connectivity index (χ3n) is 5.14. The number of fused-ring (bicyclic) bond motifs is 3. The number of Topliss-reactive ketones (excluding diaryl/α,β-unsaturated/α-hetero) is 1. The Morgan fingerprint density at radius 2 is 1.62 bits per heavy atom. The monoisotopic (exact) mass is 447 g/mol. The fourth-order valence-corrected chi connectivity index (χ4v) is 4.27. The number of ketones is 1. The van der Waals surface area contributed by atoms with Gasteiger partial charge in [-0.2, -0.15) is 0 Å². The van der Waals surface area contributed by atoms with Gasteiger partial charge in [0.2, 0.25) is 10.0 Å². The number of carbonyl (C=O) groups is 2. The van der Waals surface area contributed by atoms with Gasteiger partial charge >= 0.3 is 5.97 Å². The summed E-state index contributed by atoms with van der Waals surface area (Å²) in [4.78, 5) is 24.4. The van der Waals surface area contributed by atoms with Gasteiger partial charge < -0.3 is 4.74 Å². The highest BCUT2D eigenvalue weighted by Gasteiger charge is 2.20. The quantitative estimate of drug-likeness (QED) is 0.329. The van der Waals surface area contributed by atoms with Crippen LogP contribution < -0.4 is 4.72 Å². The number of sulfonamides is 1. The summed E-state index contributed by atoms with van der Waals surface area (Å²) in [7, 11) is -3.82. The highest BCUT2D eigenvalue weighted by Crippen LogP contribution is 2.36. The van der Waals surface area contributed by atoms with E-state index in [-0.39, 0.29) is 5.78 Å². The molecule has 0 saturated carbocycles. The summed E-state index contributed by atoms with van der Waals surface area (Å²) in [6.07, 6.45) is 2.25. The molecule has 0 unspecified atom stereocenters. The summed E-state index contributed by atoms with van der Waals surface area (Å²) in [6, 6.07) is 22.4. The van der Waals surface area contributed by atoms with Gasteiger partial charge in [-0.1, -0.05) is 66.7 Å². The third-order valence-corrected chi connectivity index (χ3v) is 6.18. The highest BCUT2D eigenvalue weighted by molar-refractivity contribution is 7.92. The molecular weight excluding hydrogens is 426 g/mol. The number of hydrogen-bond acceptors (Lipinski definition) is 5. The second kappa shape index (κ2) is 9.30. The number of hydrogen-bond donors (Lipinski definition) is 1. The first-order valence-corrected chi connectivity index (χ1v) is 11.6. The van der Waals surface area contributed by atoms with Crippen molar-refractivity contribution >= 4 is 27.9 Å². The van der Waals surface area contributed by atoms with E-state index in [1.807, 2.05) is 36.4 Å². The average Bonchev–Trinajstić information content (AvgIpc) is 3.18. The van der Waals surface area contributed by atoms with E-state index in [0.717, 1.165) is 28.5 Å². The average molecular weight is 448 g/mol. The van der Waals surface area contributed by atoms with Crippen LogP contribution >= 0.6 is 0 Å². The Balaban J connectivity index is 1.30. The van der Waals surface area contributed by atoms with Crippen LogP contribution in [0.5, 0.6) is 0 Å². The summed E-state index contributed by atoms with van der Waals surface area (Å²) < 4.78 is 31.1. The van der Waals surface area contributed by atoms with E-state index in [0.29, 0.717) is 11.1 Å². The van der Waals surface area contributed by atoms with Crippen LogP contribution in [0.2, 0.25) is 0 Å². The van der Waals surface area contributed by atoms with Crippen LogP contribution in [-0.4, -0.2) is 33.3 Å². The molecule has 0 heterocycles. The molecule has 0 amide bonds. The largest absolute Gasteiger partial charge is 0.456 e. The third kappa shape index (κ3) is 5.19. The van der Waals surface area contributed by atoms with Crippen LogP contribution in [0.4, 0.5) is 0 Å². The van der Waals surface area contributed by atoms with Crippen LogP contribution in [-0.2, 0) is 26.0 Å². The molecule has 1 N–H and O–H groups in total. The number of ether oxygens (including phenoxy) is 1. The zero-order valence-electron chi connectivity index (χ0n) is 17.2. The molecule has 0 fully saturated rings. The van der Waals surface area contributed by atoms with Crippen LogP contribution in [0.1, 0.15) is 27.0 Å². The maximum atomic E-state index is 12.5. The molecule has 32 heavy (non-hydrogen) atoms. The van der Waals surface area contributed by atoms with Crippen LogP contribution in [0.25, 0.3) is 17.2 Å². The molecule has 4 rings (SSSR count). The van der Waals surface area contributed by atoms with Crippen LogP contribution in [0.15, 0.2) is 78.2 Å². The second-order valence-electron chi connectivity index (χ2n) is 7.37. The summed E-state index contributed by atoms with van der Waals surface area (Å²) >= 11 is 0. The van der Waals surface area contributed by atoms with Gasteiger partial charge in [-0.25, -0.2) is 13.1 Å². The van der Waals surface area contributed by atoms with E-state index < -0.39 is 29.1 Å². The molecule has 7 heteroatoms. The molecule has 3 aromatic rings. The minimum absolute atomic E-state index is 0.350. The first kappa shape index (κ1) is 21.7. The summed E-state index contributed by atoms with van der Waals surface area (Å²) in [6.45, 7) is -1.02. The van der Waals surface area contributed by atoms with Crippen molar-refractivity contribution in [2.45, 2.75) is 6.42 Å². The van der Waals surface area contributed by atoms with Crippen molar-refractivity contribution in [1.29, 1.82) is 0 Å². The zero-order chi connectivity index (χ0) is 22.6. The van der Waals surface area contributed by atoms with Crippen LogP contribution in [0, 0.1) is 0 Å². The maximum absolute atomic E-state index is 12.5. The van der Waals surface area contributed by atoms with Crippen molar-refractivity contribution < 1.29 is 22.7 Å². The lowest BCUT2D eigenvalue weighted by Gasteiger charge is -2.07. The van der Waals surface area contributed by atoms with E-state index >= 15 is 0 Å². The van der Waals surface area contributed by atoms with Gasteiger partial charge in [0.1, 0.15) is 6.54 Å². The van der Waals surface area contributed by atoms with Gasteiger partial charge in [-0.3, -0.25) is 9.59 Å². The highest BCUT2D eigenvalue weighted by atomic mass is 32.2. The first-order chi connectivity index (χ1) is 15.4. The Bertz CT molecular complexity index is 1300. The van der Waals surface area contributed by atoms with Crippen molar-refractivity contribution in [3.05, 3.63) is 100 Å². The SMILES string of the molecule is O=C(CNS(=O)(=O)/C=C/c1ccccc1)OCC(=O)c1ccc2c(c1)-c1ccccc1C2. The molecule has 0 aromatic heterocycles. The van der Waals surface area contributed by atoms with Crippen LogP contribution in [0.3, 0.4) is 0 Å². The van der Waals surface area contributed by atoms with E-state index in [1.165, 1.54) is 11.6 Å². The lowest BCUT2D eigenvalue weighted by atomic mass is 10.0. The van der Waals surface area contributed by atoms with E-state index in [2.05, 4.69) is 10.8 Å². The topological polar surface area (TPSA) is 89.5 Å². The van der Waals surface area contributed by atoms with Crippen molar-refractivity contribution in [2.75, 3.05) is 13.2 Å². The van der Waals surface area contributed by atoms with Crippen molar-refractivity contribution in [2.24, 2.45) is 0 Å². The second-order valence-corrected chi connectivity index (χ2v) is 9.02. The molecule has 1 aliphatic carbocycles. The minimum Gasteiger partial charge on any atom is -0.456 e. The molecule has 0 bridgehead atoms. The summed E-state index contributed by atoms with van der Waals surface area (Å²) in [5.41, 5.74) is 5.63. The van der Waals surface area contributed by atoms with Gasteiger partial charge in [0.15, 0.2) is 12.4 Å². The van der Waals surface area contributed by atoms with Gasteiger partial charge in [-0.15, -0.1) is 0 Å². The van der Waals surface area contributed by atoms with E-state index in [1.54, 1.807) is 30.3 Å².